The second-order valence-electron chi connectivity index (χ2n) is 3.00. The van der Waals surface area contributed by atoms with Crippen LogP contribution < -0.4 is 11.3 Å². The number of thiophene rings is 1. The lowest BCUT2D eigenvalue weighted by Crippen LogP contribution is -2.38. The van der Waals surface area contributed by atoms with Crippen molar-refractivity contribution >= 4 is 11.3 Å². The second kappa shape index (κ2) is 3.69. The van der Waals surface area contributed by atoms with Gasteiger partial charge in [-0.05, 0) is 19.1 Å². The van der Waals surface area contributed by atoms with Crippen LogP contribution in [0.15, 0.2) is 12.1 Å². The lowest BCUT2D eigenvalue weighted by molar-refractivity contribution is -0.0182. The molecule has 13 heavy (non-hydrogen) atoms. The molecule has 0 saturated heterocycles. The van der Waals surface area contributed by atoms with Crippen LogP contribution in [0.1, 0.15) is 22.7 Å². The zero-order valence-electron chi connectivity index (χ0n) is 7.47. The van der Waals surface area contributed by atoms with Crippen molar-refractivity contribution in [2.45, 2.75) is 25.8 Å². The molecule has 0 radical (unpaired) electrons. The van der Waals surface area contributed by atoms with Crippen molar-refractivity contribution < 1.29 is 8.78 Å². The van der Waals surface area contributed by atoms with Gasteiger partial charge in [-0.15, -0.1) is 11.3 Å². The molecule has 0 saturated carbocycles. The van der Waals surface area contributed by atoms with Gasteiger partial charge in [0.25, 0.3) is 5.92 Å². The molecule has 0 fully saturated rings. The maximum absolute atomic E-state index is 12.9. The molecule has 5 heteroatoms. The zero-order valence-corrected chi connectivity index (χ0v) is 8.29. The number of nitrogens with two attached hydrogens (primary N) is 1. The average Bonchev–Trinajstić information content (AvgIpc) is 2.34. The molecule has 1 rings (SSSR count). The number of halogens is 2. The number of rotatable bonds is 3. The summed E-state index contributed by atoms with van der Waals surface area (Å²) in [6.45, 7) is 2.72. The van der Waals surface area contributed by atoms with Crippen LogP contribution in [0.3, 0.4) is 0 Å². The van der Waals surface area contributed by atoms with Gasteiger partial charge in [-0.25, -0.2) is 14.2 Å². The Hall–Kier alpha value is -0.520. The highest BCUT2D eigenvalue weighted by molar-refractivity contribution is 7.12. The van der Waals surface area contributed by atoms with Crippen LogP contribution in [0.25, 0.3) is 0 Å². The molecule has 0 aromatic carbocycles. The van der Waals surface area contributed by atoms with Crippen molar-refractivity contribution in [1.29, 1.82) is 0 Å². The third kappa shape index (κ3) is 2.46. The number of hydrogen-bond acceptors (Lipinski definition) is 3. The maximum Gasteiger partial charge on any atom is 0.266 e. The lowest BCUT2D eigenvalue weighted by atomic mass is 10.1. The zero-order chi connectivity index (χ0) is 10.1. The normalized spacial score (nSPS) is 14.5. The Kier molecular flexibility index (Phi) is 3.00. The van der Waals surface area contributed by atoms with E-state index < -0.39 is 12.0 Å². The summed E-state index contributed by atoms with van der Waals surface area (Å²) in [7, 11) is 0. The Morgan fingerprint density at radius 3 is 2.46 bits per heavy atom. The summed E-state index contributed by atoms with van der Waals surface area (Å²) in [4.78, 5) is 1.56. The van der Waals surface area contributed by atoms with Gasteiger partial charge in [0.15, 0.2) is 0 Å². The highest BCUT2D eigenvalue weighted by Crippen LogP contribution is 2.33. The Morgan fingerprint density at radius 1 is 1.54 bits per heavy atom. The van der Waals surface area contributed by atoms with Crippen LogP contribution in [0.4, 0.5) is 8.78 Å². The monoisotopic (exact) mass is 206 g/mol. The quantitative estimate of drug-likeness (QED) is 0.588. The van der Waals surface area contributed by atoms with Crippen molar-refractivity contribution in [2.75, 3.05) is 0 Å². The number of aryl methyl sites for hydroxylation is 1. The Bertz CT molecular complexity index is 280. The van der Waals surface area contributed by atoms with Crippen molar-refractivity contribution in [1.82, 2.24) is 5.43 Å². The van der Waals surface area contributed by atoms with Gasteiger partial charge in [-0.2, -0.15) is 0 Å². The standard InChI is InChI=1S/C8H12F2N2S/c1-5-3-4-6(13-5)7(12-11)8(2,9)10/h3-4,7,12H,11H2,1-2H3. The van der Waals surface area contributed by atoms with Crippen molar-refractivity contribution in [3.05, 3.63) is 21.9 Å². The van der Waals surface area contributed by atoms with E-state index in [0.29, 0.717) is 4.88 Å². The van der Waals surface area contributed by atoms with E-state index in [0.717, 1.165) is 11.8 Å². The second-order valence-corrected chi connectivity index (χ2v) is 4.32. The van der Waals surface area contributed by atoms with Crippen LogP contribution >= 0.6 is 11.3 Å². The first-order chi connectivity index (χ1) is 5.95. The van der Waals surface area contributed by atoms with Gasteiger partial charge in [0.1, 0.15) is 6.04 Å². The Balaban J connectivity index is 2.91. The molecule has 1 aromatic rings. The molecular weight excluding hydrogens is 194 g/mol. The van der Waals surface area contributed by atoms with Gasteiger partial charge in [0.2, 0.25) is 0 Å². The number of hydrazine groups is 1. The first kappa shape index (κ1) is 10.6. The van der Waals surface area contributed by atoms with E-state index in [2.05, 4.69) is 5.43 Å². The molecule has 1 unspecified atom stereocenters. The highest BCUT2D eigenvalue weighted by Gasteiger charge is 2.35. The fourth-order valence-corrected chi connectivity index (χ4v) is 2.12. The number of nitrogens with one attached hydrogen (secondary N) is 1. The summed E-state index contributed by atoms with van der Waals surface area (Å²) in [5, 5.41) is 0. The van der Waals surface area contributed by atoms with E-state index in [1.54, 1.807) is 12.1 Å². The minimum absolute atomic E-state index is 0.563. The maximum atomic E-state index is 12.9. The number of hydrogen-bond donors (Lipinski definition) is 2. The van der Waals surface area contributed by atoms with Crippen molar-refractivity contribution in [2.24, 2.45) is 5.84 Å². The van der Waals surface area contributed by atoms with Crippen LogP contribution in [-0.4, -0.2) is 5.92 Å². The Morgan fingerprint density at radius 2 is 2.15 bits per heavy atom. The van der Waals surface area contributed by atoms with Gasteiger partial charge in [0.05, 0.1) is 0 Å². The van der Waals surface area contributed by atoms with Crippen molar-refractivity contribution in [3.8, 4) is 0 Å². The molecule has 74 valence electrons. The van der Waals surface area contributed by atoms with E-state index in [-0.39, 0.29) is 0 Å². The molecule has 2 nitrogen and oxygen atoms in total. The molecule has 3 N–H and O–H groups in total. The molecule has 0 spiro atoms. The fourth-order valence-electron chi connectivity index (χ4n) is 1.09. The summed E-state index contributed by atoms with van der Waals surface area (Å²) >= 11 is 1.32. The summed E-state index contributed by atoms with van der Waals surface area (Å²) < 4.78 is 25.9. The van der Waals surface area contributed by atoms with Gasteiger partial charge < -0.3 is 0 Å². The first-order valence-corrected chi connectivity index (χ1v) is 4.67. The molecular formula is C8H12F2N2S. The third-order valence-electron chi connectivity index (χ3n) is 1.72. The molecule has 1 heterocycles. The molecule has 1 atom stereocenters. The van der Waals surface area contributed by atoms with Crippen LogP contribution in [-0.2, 0) is 0 Å². The molecule has 1 aromatic heterocycles. The fraction of sp³-hybridized carbons (Fsp3) is 0.500. The predicted molar refractivity (Wildman–Crippen MR) is 49.7 cm³/mol. The molecule has 0 bridgehead atoms. The van der Waals surface area contributed by atoms with Gasteiger partial charge in [-0.3, -0.25) is 5.84 Å². The van der Waals surface area contributed by atoms with Gasteiger partial charge >= 0.3 is 0 Å². The van der Waals surface area contributed by atoms with Crippen molar-refractivity contribution in [3.63, 3.8) is 0 Å². The van der Waals surface area contributed by atoms with Crippen LogP contribution in [0, 0.1) is 6.92 Å². The van der Waals surface area contributed by atoms with Crippen LogP contribution in [0.2, 0.25) is 0 Å². The van der Waals surface area contributed by atoms with E-state index in [1.807, 2.05) is 6.92 Å². The Labute approximate surface area is 79.7 Å². The average molecular weight is 206 g/mol. The van der Waals surface area contributed by atoms with Gasteiger partial charge in [0, 0.05) is 16.7 Å². The number of alkyl halides is 2. The molecule has 0 aliphatic heterocycles. The van der Waals surface area contributed by atoms with E-state index >= 15 is 0 Å². The molecule has 0 aliphatic carbocycles. The van der Waals surface area contributed by atoms with E-state index in [1.165, 1.54) is 11.3 Å². The minimum Gasteiger partial charge on any atom is -0.271 e. The predicted octanol–water partition coefficient (Wildman–Crippen LogP) is 2.22. The third-order valence-corrected chi connectivity index (χ3v) is 2.78. The SMILES string of the molecule is Cc1ccc(C(NN)C(C)(F)F)s1. The summed E-state index contributed by atoms with van der Waals surface area (Å²) in [5.41, 5.74) is 2.13. The van der Waals surface area contributed by atoms with E-state index in [4.69, 9.17) is 5.84 Å². The summed E-state index contributed by atoms with van der Waals surface area (Å²) in [6, 6.07) is 2.38. The topological polar surface area (TPSA) is 38.0 Å². The van der Waals surface area contributed by atoms with E-state index in [9.17, 15) is 8.78 Å². The highest BCUT2D eigenvalue weighted by atomic mass is 32.1. The van der Waals surface area contributed by atoms with Crippen LogP contribution in [0.5, 0.6) is 0 Å². The van der Waals surface area contributed by atoms with Gasteiger partial charge in [-0.1, -0.05) is 0 Å². The molecule has 0 amide bonds. The summed E-state index contributed by atoms with van der Waals surface area (Å²) in [5.74, 6) is 2.24. The molecule has 0 aliphatic rings. The summed E-state index contributed by atoms with van der Waals surface area (Å²) in [6.07, 6.45) is 0. The largest absolute Gasteiger partial charge is 0.271 e. The lowest BCUT2D eigenvalue weighted by Gasteiger charge is -2.21. The first-order valence-electron chi connectivity index (χ1n) is 3.85. The minimum atomic E-state index is -2.84. The smallest absolute Gasteiger partial charge is 0.266 e.